The SMILES string of the molecule is COc1ccc(S(=O)(=O)N2C(=O)C[C@H](c3ccccc3)[C@@H]2c2ccc(C)cc2)cc1. The van der Waals surface area contributed by atoms with E-state index in [1.54, 1.807) is 12.1 Å². The highest BCUT2D eigenvalue weighted by atomic mass is 32.2. The van der Waals surface area contributed by atoms with Crippen LogP contribution in [0.25, 0.3) is 0 Å². The third kappa shape index (κ3) is 3.59. The van der Waals surface area contributed by atoms with Crippen molar-refractivity contribution in [3.8, 4) is 5.75 Å². The molecule has 0 aromatic heterocycles. The van der Waals surface area contributed by atoms with Crippen molar-refractivity contribution in [2.75, 3.05) is 7.11 Å². The third-order valence-corrected chi connectivity index (χ3v) is 7.35. The van der Waals surface area contributed by atoms with Gasteiger partial charge in [-0.3, -0.25) is 4.79 Å². The van der Waals surface area contributed by atoms with Crippen molar-refractivity contribution in [2.45, 2.75) is 30.2 Å². The molecule has 4 rings (SSSR count). The molecule has 6 heteroatoms. The standard InChI is InChI=1S/C24H23NO4S/c1-17-8-10-19(11-9-17)24-22(18-6-4-3-5-7-18)16-23(26)25(24)30(27,28)21-14-12-20(29-2)13-15-21/h3-15,22,24H,16H2,1-2H3/t22-,24+/m1/s1. The van der Waals surface area contributed by atoms with E-state index >= 15 is 0 Å². The van der Waals surface area contributed by atoms with Gasteiger partial charge in [0.25, 0.3) is 10.0 Å². The average molecular weight is 422 g/mol. The van der Waals surface area contributed by atoms with Crippen LogP contribution < -0.4 is 4.74 Å². The smallest absolute Gasteiger partial charge is 0.267 e. The predicted molar refractivity (Wildman–Crippen MR) is 115 cm³/mol. The van der Waals surface area contributed by atoms with Crippen LogP contribution in [0.1, 0.15) is 35.1 Å². The first kappa shape index (κ1) is 20.2. The molecule has 1 saturated heterocycles. The summed E-state index contributed by atoms with van der Waals surface area (Å²) in [5.74, 6) is -0.0985. The van der Waals surface area contributed by atoms with Crippen molar-refractivity contribution in [3.05, 3.63) is 95.6 Å². The highest BCUT2D eigenvalue weighted by molar-refractivity contribution is 7.89. The Morgan fingerprint density at radius 2 is 1.50 bits per heavy atom. The number of aryl methyl sites for hydroxylation is 1. The van der Waals surface area contributed by atoms with Crippen molar-refractivity contribution in [2.24, 2.45) is 0 Å². The number of benzene rings is 3. The number of rotatable bonds is 5. The molecule has 0 saturated carbocycles. The molecule has 1 aliphatic heterocycles. The fraction of sp³-hybridized carbons (Fsp3) is 0.208. The lowest BCUT2D eigenvalue weighted by molar-refractivity contribution is -0.124. The van der Waals surface area contributed by atoms with E-state index in [4.69, 9.17) is 4.74 Å². The molecule has 5 nitrogen and oxygen atoms in total. The van der Waals surface area contributed by atoms with Crippen molar-refractivity contribution >= 4 is 15.9 Å². The van der Waals surface area contributed by atoms with Gasteiger partial charge in [-0.25, -0.2) is 12.7 Å². The summed E-state index contributed by atoms with van der Waals surface area (Å²) >= 11 is 0. The van der Waals surface area contributed by atoms with E-state index in [-0.39, 0.29) is 17.2 Å². The van der Waals surface area contributed by atoms with E-state index < -0.39 is 22.0 Å². The maximum atomic E-state index is 13.5. The Balaban J connectivity index is 1.83. The number of amides is 1. The molecule has 1 aliphatic rings. The molecular formula is C24H23NO4S. The number of sulfonamides is 1. The van der Waals surface area contributed by atoms with Gasteiger partial charge in [0.1, 0.15) is 5.75 Å². The zero-order valence-electron chi connectivity index (χ0n) is 16.9. The molecule has 1 heterocycles. The van der Waals surface area contributed by atoms with Gasteiger partial charge in [0.2, 0.25) is 5.91 Å². The predicted octanol–water partition coefficient (Wildman–Crippen LogP) is 4.45. The average Bonchev–Trinajstić information content (AvgIpc) is 3.13. The topological polar surface area (TPSA) is 63.7 Å². The van der Waals surface area contributed by atoms with Crippen LogP contribution in [0.4, 0.5) is 0 Å². The van der Waals surface area contributed by atoms with Gasteiger partial charge in [0.05, 0.1) is 18.0 Å². The number of hydrogen-bond acceptors (Lipinski definition) is 4. The van der Waals surface area contributed by atoms with E-state index in [1.165, 1.54) is 19.2 Å². The van der Waals surface area contributed by atoms with E-state index in [2.05, 4.69) is 0 Å². The molecule has 0 bridgehead atoms. The molecule has 0 radical (unpaired) electrons. The van der Waals surface area contributed by atoms with Gasteiger partial charge in [0, 0.05) is 12.3 Å². The van der Waals surface area contributed by atoms with Crippen molar-refractivity contribution in [1.29, 1.82) is 0 Å². The quantitative estimate of drug-likeness (QED) is 0.611. The number of hydrogen-bond donors (Lipinski definition) is 0. The minimum Gasteiger partial charge on any atom is -0.497 e. The first-order chi connectivity index (χ1) is 14.4. The minimum atomic E-state index is -4.03. The maximum Gasteiger partial charge on any atom is 0.267 e. The van der Waals surface area contributed by atoms with Gasteiger partial charge < -0.3 is 4.74 Å². The van der Waals surface area contributed by atoms with Crippen LogP contribution in [0.2, 0.25) is 0 Å². The molecule has 1 fully saturated rings. The van der Waals surface area contributed by atoms with Crippen LogP contribution >= 0.6 is 0 Å². The minimum absolute atomic E-state index is 0.0717. The van der Waals surface area contributed by atoms with Crippen molar-refractivity contribution in [1.82, 2.24) is 4.31 Å². The van der Waals surface area contributed by atoms with Crippen molar-refractivity contribution < 1.29 is 17.9 Å². The summed E-state index contributed by atoms with van der Waals surface area (Å²) in [5.41, 5.74) is 2.82. The first-order valence-electron chi connectivity index (χ1n) is 9.74. The van der Waals surface area contributed by atoms with Gasteiger partial charge in [0.15, 0.2) is 0 Å². The Labute approximate surface area is 177 Å². The molecule has 154 valence electrons. The molecule has 0 unspecified atom stereocenters. The number of methoxy groups -OCH3 is 1. The molecule has 3 aromatic rings. The van der Waals surface area contributed by atoms with Crippen molar-refractivity contribution in [3.63, 3.8) is 0 Å². The summed E-state index contributed by atoms with van der Waals surface area (Å²) in [6.07, 6.45) is 0.137. The summed E-state index contributed by atoms with van der Waals surface area (Å²) in [6, 6.07) is 22.8. The highest BCUT2D eigenvalue weighted by Gasteiger charge is 2.47. The first-order valence-corrected chi connectivity index (χ1v) is 11.2. The molecule has 3 aromatic carbocycles. The Bertz CT molecular complexity index is 1140. The zero-order chi connectivity index (χ0) is 21.3. The van der Waals surface area contributed by atoms with E-state index in [1.807, 2.05) is 61.5 Å². The van der Waals surface area contributed by atoms with Crippen LogP contribution in [0.3, 0.4) is 0 Å². The van der Waals surface area contributed by atoms with Crippen LogP contribution in [-0.2, 0) is 14.8 Å². The second-order valence-corrected chi connectivity index (χ2v) is 9.26. The summed E-state index contributed by atoms with van der Waals surface area (Å²) in [7, 11) is -2.51. The normalized spacial score (nSPS) is 19.1. The Kier molecular flexibility index (Phi) is 5.35. The number of carbonyl (C=O) groups excluding carboxylic acids is 1. The van der Waals surface area contributed by atoms with Gasteiger partial charge >= 0.3 is 0 Å². The lowest BCUT2D eigenvalue weighted by Gasteiger charge is -2.28. The molecule has 30 heavy (non-hydrogen) atoms. The Morgan fingerprint density at radius 1 is 0.867 bits per heavy atom. The van der Waals surface area contributed by atoms with E-state index in [0.29, 0.717) is 5.75 Å². The Morgan fingerprint density at radius 3 is 2.10 bits per heavy atom. The van der Waals surface area contributed by atoms with E-state index in [9.17, 15) is 13.2 Å². The van der Waals surface area contributed by atoms with Gasteiger partial charge in [-0.1, -0.05) is 60.2 Å². The number of carbonyl (C=O) groups is 1. The fourth-order valence-corrected chi connectivity index (χ4v) is 5.60. The lowest BCUT2D eigenvalue weighted by Crippen LogP contribution is -2.35. The molecular weight excluding hydrogens is 398 g/mol. The Hall–Kier alpha value is -3.12. The van der Waals surface area contributed by atoms with Gasteiger partial charge in [-0.05, 0) is 42.3 Å². The van der Waals surface area contributed by atoms with Gasteiger partial charge in [-0.2, -0.15) is 0 Å². The molecule has 0 spiro atoms. The van der Waals surface area contributed by atoms with Crippen LogP contribution in [-0.4, -0.2) is 25.7 Å². The van der Waals surface area contributed by atoms with Gasteiger partial charge in [-0.15, -0.1) is 0 Å². The third-order valence-electron chi connectivity index (χ3n) is 5.54. The highest BCUT2D eigenvalue weighted by Crippen LogP contribution is 2.47. The summed E-state index contributed by atoms with van der Waals surface area (Å²) in [5, 5.41) is 0. The zero-order valence-corrected chi connectivity index (χ0v) is 17.7. The summed E-state index contributed by atoms with van der Waals surface area (Å²) < 4.78 is 33.3. The van der Waals surface area contributed by atoms with Crippen LogP contribution in [0.15, 0.2) is 83.8 Å². The number of ether oxygens (including phenoxy) is 1. The molecule has 0 N–H and O–H groups in total. The number of nitrogens with zero attached hydrogens (tertiary/aromatic N) is 1. The second kappa shape index (κ2) is 7.95. The monoisotopic (exact) mass is 421 g/mol. The summed E-state index contributed by atoms with van der Waals surface area (Å²) in [4.78, 5) is 13.1. The lowest BCUT2D eigenvalue weighted by atomic mass is 9.88. The van der Waals surface area contributed by atoms with Crippen LogP contribution in [0, 0.1) is 6.92 Å². The fourth-order valence-electron chi connectivity index (χ4n) is 3.98. The van der Waals surface area contributed by atoms with E-state index in [0.717, 1.165) is 21.0 Å². The van der Waals surface area contributed by atoms with Crippen LogP contribution in [0.5, 0.6) is 5.75 Å². The molecule has 2 atom stereocenters. The maximum absolute atomic E-state index is 13.5. The largest absolute Gasteiger partial charge is 0.497 e. The second-order valence-electron chi connectivity index (χ2n) is 7.45. The molecule has 0 aliphatic carbocycles. The molecule has 1 amide bonds. The summed E-state index contributed by atoms with van der Waals surface area (Å²) in [6.45, 7) is 1.98.